The lowest BCUT2D eigenvalue weighted by atomic mass is 10.3. The predicted octanol–water partition coefficient (Wildman–Crippen LogP) is 3.67. The normalized spacial score (nSPS) is 11.1. The summed E-state index contributed by atoms with van der Waals surface area (Å²) in [5.74, 6) is 1.26. The molecule has 1 heterocycles. The van der Waals surface area contributed by atoms with E-state index < -0.39 is 0 Å². The van der Waals surface area contributed by atoms with Gasteiger partial charge < -0.3 is 15.4 Å². The van der Waals surface area contributed by atoms with Gasteiger partial charge in [0.15, 0.2) is 5.96 Å². The fraction of sp³-hybridized carbons (Fsp3) is 0.500. The van der Waals surface area contributed by atoms with E-state index in [1.807, 2.05) is 11.6 Å². The average molecular weight is 503 g/mol. The molecule has 0 spiro atoms. The maximum Gasteiger partial charge on any atom is 0.190 e. The predicted molar refractivity (Wildman–Crippen MR) is 122 cm³/mol. The van der Waals surface area contributed by atoms with E-state index >= 15 is 0 Å². The van der Waals surface area contributed by atoms with Crippen molar-refractivity contribution in [1.29, 1.82) is 0 Å². The van der Waals surface area contributed by atoms with Crippen LogP contribution >= 0.6 is 24.0 Å². The first-order chi connectivity index (χ1) is 13.1. The van der Waals surface area contributed by atoms with Gasteiger partial charge in [-0.25, -0.2) is 4.39 Å². The molecule has 0 unspecified atom stereocenters. The van der Waals surface area contributed by atoms with Crippen LogP contribution in [0.1, 0.15) is 30.7 Å². The van der Waals surface area contributed by atoms with Gasteiger partial charge in [-0.1, -0.05) is 0 Å². The molecule has 0 amide bonds. The summed E-state index contributed by atoms with van der Waals surface area (Å²) in [4.78, 5) is 4.23. The molecular formula is C20H31FIN5O. The van der Waals surface area contributed by atoms with Crippen LogP contribution in [0.3, 0.4) is 0 Å². The molecule has 1 aromatic heterocycles. The molecule has 0 saturated heterocycles. The highest BCUT2D eigenvalue weighted by Crippen LogP contribution is 2.11. The van der Waals surface area contributed by atoms with Crippen LogP contribution in [0.4, 0.5) is 4.39 Å². The molecule has 2 aromatic rings. The topological polar surface area (TPSA) is 63.5 Å². The Labute approximate surface area is 184 Å². The fourth-order valence-corrected chi connectivity index (χ4v) is 2.71. The SMILES string of the molecule is CN=C(NCCCCOc1ccc(F)cc1)NCCCn1nc(C)cc1C.I. The number of halogens is 2. The third-order valence-electron chi connectivity index (χ3n) is 4.11. The van der Waals surface area contributed by atoms with Gasteiger partial charge in [0.05, 0.1) is 12.3 Å². The number of aromatic nitrogens is 2. The van der Waals surface area contributed by atoms with Crippen molar-refractivity contribution >= 4 is 29.9 Å². The largest absolute Gasteiger partial charge is 0.494 e. The van der Waals surface area contributed by atoms with E-state index in [-0.39, 0.29) is 29.8 Å². The quantitative estimate of drug-likeness (QED) is 0.225. The second-order valence-corrected chi connectivity index (χ2v) is 6.44. The van der Waals surface area contributed by atoms with Crippen molar-refractivity contribution in [3.63, 3.8) is 0 Å². The number of aliphatic imine (C=N–C) groups is 1. The maximum absolute atomic E-state index is 12.8. The van der Waals surface area contributed by atoms with E-state index in [9.17, 15) is 4.39 Å². The van der Waals surface area contributed by atoms with E-state index in [1.165, 1.54) is 17.8 Å². The summed E-state index contributed by atoms with van der Waals surface area (Å²) in [6, 6.07) is 8.19. The summed E-state index contributed by atoms with van der Waals surface area (Å²) in [6.45, 7) is 7.26. The molecule has 0 radical (unpaired) electrons. The van der Waals surface area contributed by atoms with Crippen LogP contribution in [-0.4, -0.2) is 42.5 Å². The molecule has 2 N–H and O–H groups in total. The van der Waals surface area contributed by atoms with Crippen molar-refractivity contribution in [2.75, 3.05) is 26.7 Å². The molecule has 2 rings (SSSR count). The summed E-state index contributed by atoms with van der Waals surface area (Å²) in [7, 11) is 1.77. The first-order valence-electron chi connectivity index (χ1n) is 9.42. The second-order valence-electron chi connectivity index (χ2n) is 6.44. The summed E-state index contributed by atoms with van der Waals surface area (Å²) in [5.41, 5.74) is 2.25. The molecule has 0 fully saturated rings. The number of nitrogens with zero attached hydrogens (tertiary/aromatic N) is 3. The molecule has 28 heavy (non-hydrogen) atoms. The molecular weight excluding hydrogens is 472 g/mol. The van der Waals surface area contributed by atoms with Crippen molar-refractivity contribution in [1.82, 2.24) is 20.4 Å². The Hall–Kier alpha value is -1.84. The van der Waals surface area contributed by atoms with Gasteiger partial charge in [-0.3, -0.25) is 9.67 Å². The number of hydrogen-bond acceptors (Lipinski definition) is 3. The minimum absolute atomic E-state index is 0. The highest BCUT2D eigenvalue weighted by atomic mass is 127. The molecule has 1 aromatic carbocycles. The van der Waals surface area contributed by atoms with Crippen LogP contribution in [0.2, 0.25) is 0 Å². The molecule has 0 saturated carbocycles. The maximum atomic E-state index is 12.8. The van der Waals surface area contributed by atoms with E-state index in [1.54, 1.807) is 19.2 Å². The van der Waals surface area contributed by atoms with Gasteiger partial charge >= 0.3 is 0 Å². The molecule has 6 nitrogen and oxygen atoms in total. The van der Waals surface area contributed by atoms with Crippen LogP contribution in [0, 0.1) is 19.7 Å². The van der Waals surface area contributed by atoms with Crippen molar-refractivity contribution in [3.8, 4) is 5.75 Å². The van der Waals surface area contributed by atoms with Crippen molar-refractivity contribution in [3.05, 3.63) is 47.5 Å². The molecule has 8 heteroatoms. The van der Waals surface area contributed by atoms with Crippen molar-refractivity contribution in [2.24, 2.45) is 4.99 Å². The highest BCUT2D eigenvalue weighted by Gasteiger charge is 2.01. The Morgan fingerprint density at radius 3 is 2.39 bits per heavy atom. The zero-order chi connectivity index (χ0) is 19.5. The van der Waals surface area contributed by atoms with Crippen LogP contribution in [0.5, 0.6) is 5.75 Å². The number of benzene rings is 1. The van der Waals surface area contributed by atoms with E-state index in [4.69, 9.17) is 4.74 Å². The van der Waals surface area contributed by atoms with Gasteiger partial charge in [0.25, 0.3) is 0 Å². The van der Waals surface area contributed by atoms with Crippen LogP contribution in [0.25, 0.3) is 0 Å². The minimum Gasteiger partial charge on any atom is -0.494 e. The molecule has 0 aliphatic heterocycles. The summed E-state index contributed by atoms with van der Waals surface area (Å²) in [5, 5.41) is 11.1. The lowest BCUT2D eigenvalue weighted by molar-refractivity contribution is 0.306. The Bertz CT molecular complexity index is 718. The van der Waals surface area contributed by atoms with Gasteiger partial charge in [0.1, 0.15) is 11.6 Å². The molecule has 0 bridgehead atoms. The number of guanidine groups is 1. The standard InChI is InChI=1S/C20H30FN5O.HI/c1-16-15-17(2)26(25-16)13-6-12-24-20(22-3)23-11-4-5-14-27-19-9-7-18(21)8-10-19;/h7-10,15H,4-6,11-14H2,1-3H3,(H2,22,23,24);1H. The zero-order valence-corrected chi connectivity index (χ0v) is 19.2. The molecule has 156 valence electrons. The lowest BCUT2D eigenvalue weighted by Gasteiger charge is -2.12. The fourth-order valence-electron chi connectivity index (χ4n) is 2.71. The third-order valence-corrected chi connectivity index (χ3v) is 4.11. The summed E-state index contributed by atoms with van der Waals surface area (Å²) in [6.07, 6.45) is 2.86. The van der Waals surface area contributed by atoms with Crippen LogP contribution in [0.15, 0.2) is 35.3 Å². The first-order valence-corrected chi connectivity index (χ1v) is 9.42. The number of aryl methyl sites for hydroxylation is 3. The summed E-state index contributed by atoms with van der Waals surface area (Å²) >= 11 is 0. The third kappa shape index (κ3) is 8.90. The first kappa shape index (κ1) is 24.2. The monoisotopic (exact) mass is 503 g/mol. The van der Waals surface area contributed by atoms with Crippen LogP contribution in [-0.2, 0) is 6.54 Å². The Kier molecular flexibility index (Phi) is 11.5. The van der Waals surface area contributed by atoms with Gasteiger partial charge in [0, 0.05) is 32.4 Å². The van der Waals surface area contributed by atoms with E-state index in [0.717, 1.165) is 50.6 Å². The highest BCUT2D eigenvalue weighted by molar-refractivity contribution is 14.0. The van der Waals surface area contributed by atoms with Gasteiger partial charge in [-0.15, -0.1) is 24.0 Å². The van der Waals surface area contributed by atoms with E-state index in [0.29, 0.717) is 12.4 Å². The number of rotatable bonds is 10. The van der Waals surface area contributed by atoms with Crippen molar-refractivity contribution in [2.45, 2.75) is 39.7 Å². The number of ether oxygens (including phenoxy) is 1. The number of hydrogen-bond donors (Lipinski definition) is 2. The smallest absolute Gasteiger partial charge is 0.190 e. The second kappa shape index (κ2) is 13.4. The van der Waals surface area contributed by atoms with Crippen LogP contribution < -0.4 is 15.4 Å². The van der Waals surface area contributed by atoms with E-state index in [2.05, 4.69) is 33.7 Å². The van der Waals surface area contributed by atoms with Gasteiger partial charge in [-0.2, -0.15) is 5.10 Å². The molecule has 0 aliphatic carbocycles. The minimum atomic E-state index is -0.250. The Morgan fingerprint density at radius 1 is 1.11 bits per heavy atom. The zero-order valence-electron chi connectivity index (χ0n) is 16.9. The Morgan fingerprint density at radius 2 is 1.79 bits per heavy atom. The average Bonchev–Trinajstić information content (AvgIpc) is 2.98. The number of nitrogens with one attached hydrogen (secondary N) is 2. The van der Waals surface area contributed by atoms with Crippen molar-refractivity contribution < 1.29 is 9.13 Å². The lowest BCUT2D eigenvalue weighted by Crippen LogP contribution is -2.38. The summed E-state index contributed by atoms with van der Waals surface area (Å²) < 4.78 is 20.4. The van der Waals surface area contributed by atoms with Gasteiger partial charge in [-0.05, 0) is 63.4 Å². The number of unbranched alkanes of at least 4 members (excludes halogenated alkanes) is 1. The Balaban J connectivity index is 0.00000392. The molecule has 0 atom stereocenters. The van der Waals surface area contributed by atoms with Gasteiger partial charge in [0.2, 0.25) is 0 Å². The molecule has 0 aliphatic rings.